The predicted octanol–water partition coefficient (Wildman–Crippen LogP) is 17.3. The standard InChI is InChI=1S/C64H103N2O6P/c1-6-8-10-12-14-16-18-20-21-22-23-24-25-26-27-28-29-30-31-32-33-34-35-36-37-38-39-40-41-42-43-44-45-46-48-50-52-54-56-58-64(68)65-62(61-72-73(69,70)71-60-59-66(3,4)5)63(67)57-55-53-51-49-47-19-17-15-13-11-9-7-2/h8,10,14,16,20-21,23-24,26-27,29-30,32-33,35-36,38-39,41-42,44-45,47-50,55,57,62-63,67H,6-7,9,11-13,15,17-19,22,25,28,31,34,37,40,43,46,51-54,56,58-61H2,1-5H3,(H-,65,68,69,70)/p+1/b10-8-,16-14-,21-20-,24-23-,27-26-,30-29-,33-32-,36-35-,39-38-,42-41-,45-44-,49-47+,50-48-,57-55+. The van der Waals surface area contributed by atoms with Gasteiger partial charge in [0.25, 0.3) is 0 Å². The summed E-state index contributed by atoms with van der Waals surface area (Å²) in [6.45, 7) is 4.59. The van der Waals surface area contributed by atoms with Gasteiger partial charge in [-0.05, 0) is 122 Å². The smallest absolute Gasteiger partial charge is 0.387 e. The number of quaternary nitrogens is 1. The van der Waals surface area contributed by atoms with Gasteiger partial charge in [-0.1, -0.05) is 216 Å². The Morgan fingerprint density at radius 2 is 0.836 bits per heavy atom. The minimum atomic E-state index is -4.37. The average Bonchev–Trinajstić information content (AvgIpc) is 3.35. The summed E-state index contributed by atoms with van der Waals surface area (Å²) in [5.41, 5.74) is 0. The van der Waals surface area contributed by atoms with Crippen molar-refractivity contribution in [3.8, 4) is 0 Å². The first-order valence-corrected chi connectivity index (χ1v) is 29.5. The van der Waals surface area contributed by atoms with Crippen molar-refractivity contribution in [1.82, 2.24) is 5.32 Å². The van der Waals surface area contributed by atoms with Gasteiger partial charge < -0.3 is 19.8 Å². The molecule has 0 aromatic rings. The number of aliphatic hydroxyl groups excluding tert-OH is 1. The molecule has 0 fully saturated rings. The number of aliphatic hydroxyl groups is 1. The number of carbonyl (C=O) groups is 1. The number of hydrogen-bond acceptors (Lipinski definition) is 5. The van der Waals surface area contributed by atoms with Crippen LogP contribution in [0.3, 0.4) is 0 Å². The second kappa shape index (κ2) is 52.7. The van der Waals surface area contributed by atoms with Crippen LogP contribution in [0.4, 0.5) is 0 Å². The largest absolute Gasteiger partial charge is 0.472 e. The summed E-state index contributed by atoms with van der Waals surface area (Å²) in [5, 5.41) is 13.8. The Kier molecular flexibility index (Phi) is 49.7. The number of allylic oxidation sites excluding steroid dienone is 27. The SMILES string of the molecule is CC/C=C\C/C=C\C/C=C\C/C=C\C/C=C\C/C=C\C/C=C\C/C=C\C/C=C\C/C=C\C/C=C\C/C=C\CCCCC(=O)NC(COP(=O)(O)OCC[N+](C)(C)C)C(O)/C=C/CC/C=C/CCCCCCCC. The summed E-state index contributed by atoms with van der Waals surface area (Å²) in [7, 11) is 1.49. The maximum absolute atomic E-state index is 12.9. The Hall–Kier alpha value is -4.14. The van der Waals surface area contributed by atoms with Crippen LogP contribution in [0.5, 0.6) is 0 Å². The van der Waals surface area contributed by atoms with Gasteiger partial charge in [0, 0.05) is 6.42 Å². The molecule has 0 saturated carbocycles. The second-order valence-electron chi connectivity index (χ2n) is 19.2. The number of nitrogens with one attached hydrogen (secondary N) is 1. The molecule has 0 aliphatic carbocycles. The van der Waals surface area contributed by atoms with Crippen LogP contribution in [0.2, 0.25) is 0 Å². The molecule has 3 unspecified atom stereocenters. The van der Waals surface area contributed by atoms with E-state index in [0.29, 0.717) is 17.4 Å². The summed E-state index contributed by atoms with van der Waals surface area (Å²) in [5.74, 6) is -0.239. The lowest BCUT2D eigenvalue weighted by Gasteiger charge is -2.25. The van der Waals surface area contributed by atoms with E-state index in [-0.39, 0.29) is 25.5 Å². The molecule has 9 heteroatoms. The van der Waals surface area contributed by atoms with Gasteiger partial charge in [-0.2, -0.15) is 0 Å². The highest BCUT2D eigenvalue weighted by molar-refractivity contribution is 7.47. The van der Waals surface area contributed by atoms with E-state index >= 15 is 0 Å². The van der Waals surface area contributed by atoms with Crippen molar-refractivity contribution in [2.24, 2.45) is 0 Å². The third kappa shape index (κ3) is 55.4. The fourth-order valence-electron chi connectivity index (χ4n) is 6.80. The molecule has 0 heterocycles. The van der Waals surface area contributed by atoms with Crippen LogP contribution in [-0.2, 0) is 18.4 Å². The van der Waals surface area contributed by atoms with Crippen molar-refractivity contribution in [1.29, 1.82) is 0 Å². The maximum Gasteiger partial charge on any atom is 0.472 e. The van der Waals surface area contributed by atoms with E-state index < -0.39 is 20.0 Å². The Morgan fingerprint density at radius 1 is 0.479 bits per heavy atom. The molecule has 73 heavy (non-hydrogen) atoms. The number of likely N-dealkylation sites (N-methyl/N-ethyl adjacent to an activating group) is 1. The van der Waals surface area contributed by atoms with Gasteiger partial charge in [-0.15, -0.1) is 0 Å². The van der Waals surface area contributed by atoms with Crippen LogP contribution in [0, 0.1) is 0 Å². The lowest BCUT2D eigenvalue weighted by molar-refractivity contribution is -0.870. The van der Waals surface area contributed by atoms with Crippen LogP contribution in [0.25, 0.3) is 0 Å². The second-order valence-corrected chi connectivity index (χ2v) is 20.7. The number of hydrogen-bond donors (Lipinski definition) is 3. The molecule has 0 bridgehead atoms. The Morgan fingerprint density at radius 3 is 1.26 bits per heavy atom. The van der Waals surface area contributed by atoms with Crippen LogP contribution in [0.15, 0.2) is 170 Å². The lowest BCUT2D eigenvalue weighted by atomic mass is 10.1. The number of unbranched alkanes of at least 4 members (excludes halogenated alkanes) is 9. The lowest BCUT2D eigenvalue weighted by Crippen LogP contribution is -2.45. The molecule has 0 aromatic carbocycles. The van der Waals surface area contributed by atoms with E-state index in [2.05, 4.69) is 177 Å². The van der Waals surface area contributed by atoms with Crippen molar-refractivity contribution in [3.05, 3.63) is 170 Å². The van der Waals surface area contributed by atoms with E-state index in [1.165, 1.54) is 38.5 Å². The molecule has 410 valence electrons. The summed E-state index contributed by atoms with van der Waals surface area (Å²) in [4.78, 5) is 23.2. The highest BCUT2D eigenvalue weighted by Gasteiger charge is 2.27. The molecule has 0 aliphatic rings. The van der Waals surface area contributed by atoms with E-state index in [1.54, 1.807) is 6.08 Å². The number of nitrogens with zero attached hydrogens (tertiary/aromatic N) is 1. The third-order valence-electron chi connectivity index (χ3n) is 11.2. The summed E-state index contributed by atoms with van der Waals surface area (Å²) in [6, 6.07) is -0.899. The predicted molar refractivity (Wildman–Crippen MR) is 317 cm³/mol. The molecular formula is C64H104N2O6P+. The van der Waals surface area contributed by atoms with Gasteiger partial charge >= 0.3 is 7.82 Å². The molecular weight excluding hydrogens is 924 g/mol. The number of rotatable bonds is 48. The van der Waals surface area contributed by atoms with Crippen LogP contribution < -0.4 is 5.32 Å². The first-order valence-electron chi connectivity index (χ1n) is 28.0. The number of phosphoric acid groups is 1. The van der Waals surface area contributed by atoms with Crippen molar-refractivity contribution < 1.29 is 32.9 Å². The molecule has 0 aliphatic heterocycles. The molecule has 0 spiro atoms. The summed E-state index contributed by atoms with van der Waals surface area (Å²) >= 11 is 0. The van der Waals surface area contributed by atoms with E-state index in [9.17, 15) is 19.4 Å². The van der Waals surface area contributed by atoms with Crippen LogP contribution in [0.1, 0.15) is 174 Å². The average molecular weight is 1030 g/mol. The summed E-state index contributed by atoms with van der Waals surface area (Å²) < 4.78 is 23.6. The number of amides is 1. The monoisotopic (exact) mass is 1030 g/mol. The van der Waals surface area contributed by atoms with Crippen LogP contribution >= 0.6 is 7.82 Å². The Balaban J connectivity index is 4.27. The highest BCUT2D eigenvalue weighted by Crippen LogP contribution is 2.43. The highest BCUT2D eigenvalue weighted by atomic mass is 31.2. The minimum Gasteiger partial charge on any atom is -0.387 e. The molecule has 0 rings (SSSR count). The third-order valence-corrected chi connectivity index (χ3v) is 12.2. The number of carbonyl (C=O) groups excluding carboxylic acids is 1. The zero-order chi connectivity index (χ0) is 53.5. The van der Waals surface area contributed by atoms with Crippen molar-refractivity contribution in [3.63, 3.8) is 0 Å². The minimum absolute atomic E-state index is 0.0377. The van der Waals surface area contributed by atoms with Gasteiger partial charge in [0.1, 0.15) is 13.2 Å². The fourth-order valence-corrected chi connectivity index (χ4v) is 7.54. The molecule has 3 atom stereocenters. The van der Waals surface area contributed by atoms with Gasteiger partial charge in [0.15, 0.2) is 0 Å². The Bertz CT molecular complexity index is 1780. The van der Waals surface area contributed by atoms with Crippen molar-refractivity contribution in [2.75, 3.05) is 40.9 Å². The van der Waals surface area contributed by atoms with Crippen molar-refractivity contribution in [2.45, 2.75) is 187 Å². The van der Waals surface area contributed by atoms with Gasteiger partial charge in [0.05, 0.1) is 39.9 Å². The van der Waals surface area contributed by atoms with Crippen molar-refractivity contribution >= 4 is 13.7 Å². The first-order chi connectivity index (χ1) is 35.5. The number of phosphoric ester groups is 1. The molecule has 0 radical (unpaired) electrons. The quantitative estimate of drug-likeness (QED) is 0.0243. The summed E-state index contributed by atoms with van der Waals surface area (Å²) in [6.07, 6.45) is 84.7. The molecule has 3 N–H and O–H groups in total. The van der Waals surface area contributed by atoms with Gasteiger partial charge in [-0.3, -0.25) is 13.8 Å². The molecule has 8 nitrogen and oxygen atoms in total. The topological polar surface area (TPSA) is 105 Å². The van der Waals surface area contributed by atoms with E-state index in [0.717, 1.165) is 109 Å². The molecule has 0 saturated heterocycles. The first kappa shape index (κ1) is 68.9. The Labute approximate surface area is 447 Å². The fraction of sp³-hybridized carbons (Fsp3) is 0.547. The zero-order valence-electron chi connectivity index (χ0n) is 46.5. The van der Waals surface area contributed by atoms with E-state index in [1.807, 2.05) is 27.2 Å². The molecule has 0 aromatic heterocycles. The zero-order valence-corrected chi connectivity index (χ0v) is 47.4. The van der Waals surface area contributed by atoms with Crippen LogP contribution in [-0.4, -0.2) is 73.4 Å². The maximum atomic E-state index is 12.9. The van der Waals surface area contributed by atoms with Gasteiger partial charge in [-0.25, -0.2) is 4.57 Å². The van der Waals surface area contributed by atoms with Gasteiger partial charge in [0.2, 0.25) is 5.91 Å². The normalized spacial score (nSPS) is 15.2. The molecule has 1 amide bonds. The van der Waals surface area contributed by atoms with E-state index in [4.69, 9.17) is 9.05 Å².